The van der Waals surface area contributed by atoms with Crippen molar-refractivity contribution in [2.24, 2.45) is 0 Å². The molecular formula is C8H8B2. The fourth-order valence-corrected chi connectivity index (χ4v) is 0.950. The molecule has 0 saturated heterocycles. The van der Waals surface area contributed by atoms with E-state index < -0.39 is 0 Å². The van der Waals surface area contributed by atoms with E-state index in [2.05, 4.69) is 6.92 Å². The van der Waals surface area contributed by atoms with Gasteiger partial charge in [0.05, 0.1) is 0 Å². The molecule has 0 amide bonds. The molecule has 0 bridgehead atoms. The summed E-state index contributed by atoms with van der Waals surface area (Å²) in [5, 5.41) is 0. The number of rotatable bonds is 1. The minimum atomic E-state index is 0.747. The highest BCUT2D eigenvalue weighted by atomic mass is 13.9. The Morgan fingerprint density at radius 2 is 1.60 bits per heavy atom. The molecule has 1 aromatic rings. The molecule has 4 radical (unpaired) electrons. The lowest BCUT2D eigenvalue weighted by molar-refractivity contribution is 1.15. The van der Waals surface area contributed by atoms with Crippen LogP contribution in [-0.4, -0.2) is 15.7 Å². The Morgan fingerprint density at radius 3 is 2.00 bits per heavy atom. The SMILES string of the molecule is [B]c1cc([B])cc(CC)c1. The van der Waals surface area contributed by atoms with Gasteiger partial charge in [0.1, 0.15) is 15.7 Å². The van der Waals surface area contributed by atoms with Crippen LogP contribution in [-0.2, 0) is 6.42 Å². The van der Waals surface area contributed by atoms with Gasteiger partial charge in [0.2, 0.25) is 0 Å². The molecule has 0 aliphatic heterocycles. The molecule has 46 valence electrons. The maximum atomic E-state index is 5.56. The van der Waals surface area contributed by atoms with Crippen molar-refractivity contribution in [3.8, 4) is 0 Å². The topological polar surface area (TPSA) is 0 Å². The van der Waals surface area contributed by atoms with Gasteiger partial charge >= 0.3 is 0 Å². The van der Waals surface area contributed by atoms with Crippen molar-refractivity contribution in [2.75, 3.05) is 0 Å². The van der Waals surface area contributed by atoms with Gasteiger partial charge in [-0.15, -0.1) is 0 Å². The van der Waals surface area contributed by atoms with Crippen molar-refractivity contribution in [1.29, 1.82) is 0 Å². The minimum Gasteiger partial charge on any atom is -0.0970 e. The standard InChI is InChI=1S/C8H8B2/c1-2-6-3-7(9)5-8(10)4-6/h3-5H,2H2,1H3. The maximum absolute atomic E-state index is 5.56. The lowest BCUT2D eigenvalue weighted by atomic mass is 9.85. The zero-order chi connectivity index (χ0) is 7.56. The number of aryl methyl sites for hydroxylation is 1. The number of hydrogen-bond donors (Lipinski definition) is 0. The smallest absolute Gasteiger partial charge is 0.0970 e. The van der Waals surface area contributed by atoms with Gasteiger partial charge < -0.3 is 0 Å². The lowest BCUT2D eigenvalue weighted by Gasteiger charge is -2.01. The molecule has 0 unspecified atom stereocenters. The summed E-state index contributed by atoms with van der Waals surface area (Å²) in [6.45, 7) is 2.08. The van der Waals surface area contributed by atoms with Crippen LogP contribution < -0.4 is 10.9 Å². The summed E-state index contributed by atoms with van der Waals surface area (Å²) in [6.07, 6.45) is 0.981. The Labute approximate surface area is 64.5 Å². The van der Waals surface area contributed by atoms with Crippen molar-refractivity contribution < 1.29 is 0 Å². The highest BCUT2D eigenvalue weighted by Crippen LogP contribution is 1.93. The third-order valence-electron chi connectivity index (χ3n) is 1.45. The van der Waals surface area contributed by atoms with E-state index in [9.17, 15) is 0 Å². The van der Waals surface area contributed by atoms with Crippen molar-refractivity contribution in [2.45, 2.75) is 13.3 Å². The predicted molar refractivity (Wildman–Crippen MR) is 46.6 cm³/mol. The predicted octanol–water partition coefficient (Wildman–Crippen LogP) is -0.163. The first kappa shape index (κ1) is 7.46. The van der Waals surface area contributed by atoms with Crippen LogP contribution in [0.3, 0.4) is 0 Å². The van der Waals surface area contributed by atoms with Gasteiger partial charge in [0.15, 0.2) is 0 Å². The average molecular weight is 126 g/mol. The molecule has 0 heterocycles. The van der Waals surface area contributed by atoms with Crippen LogP contribution in [0.25, 0.3) is 0 Å². The third-order valence-corrected chi connectivity index (χ3v) is 1.45. The first-order valence-corrected chi connectivity index (χ1v) is 3.37. The van der Waals surface area contributed by atoms with E-state index in [4.69, 9.17) is 15.7 Å². The van der Waals surface area contributed by atoms with Gasteiger partial charge in [-0.1, -0.05) is 36.0 Å². The molecule has 0 N–H and O–H groups in total. The number of benzene rings is 1. The molecule has 1 aromatic carbocycles. The summed E-state index contributed by atoms with van der Waals surface area (Å²) in [5.74, 6) is 0. The molecule has 0 spiro atoms. The van der Waals surface area contributed by atoms with Gasteiger partial charge in [-0.3, -0.25) is 0 Å². The minimum absolute atomic E-state index is 0.747. The summed E-state index contributed by atoms with van der Waals surface area (Å²) >= 11 is 0. The van der Waals surface area contributed by atoms with Gasteiger partial charge in [-0.05, 0) is 12.0 Å². The summed E-state index contributed by atoms with van der Waals surface area (Å²) in [6, 6.07) is 5.64. The van der Waals surface area contributed by atoms with E-state index in [1.165, 1.54) is 5.56 Å². The highest BCUT2D eigenvalue weighted by Gasteiger charge is 1.90. The van der Waals surface area contributed by atoms with Crippen molar-refractivity contribution in [3.05, 3.63) is 23.8 Å². The monoisotopic (exact) mass is 126 g/mol. The Bertz CT molecular complexity index is 210. The van der Waals surface area contributed by atoms with Crippen LogP contribution in [0, 0.1) is 0 Å². The molecule has 0 atom stereocenters. The molecule has 0 aliphatic carbocycles. The second-order valence-corrected chi connectivity index (χ2v) is 2.36. The fraction of sp³-hybridized carbons (Fsp3) is 0.250. The van der Waals surface area contributed by atoms with E-state index in [0.29, 0.717) is 0 Å². The molecule has 0 aliphatic rings. The molecule has 0 fully saturated rings. The maximum Gasteiger partial charge on any atom is 0.113 e. The first-order chi connectivity index (χ1) is 4.72. The molecule has 0 saturated carbocycles. The Balaban J connectivity index is 3.06. The summed E-state index contributed by atoms with van der Waals surface area (Å²) < 4.78 is 0. The molecule has 1 rings (SSSR count). The summed E-state index contributed by atoms with van der Waals surface area (Å²) in [5.41, 5.74) is 2.69. The van der Waals surface area contributed by atoms with Crippen LogP contribution >= 0.6 is 0 Å². The second-order valence-electron chi connectivity index (χ2n) is 2.36. The van der Waals surface area contributed by atoms with Gasteiger partial charge in [0, 0.05) is 0 Å². The Kier molecular flexibility index (Phi) is 2.21. The van der Waals surface area contributed by atoms with Crippen molar-refractivity contribution >= 4 is 26.6 Å². The second kappa shape index (κ2) is 2.96. The lowest BCUT2D eigenvalue weighted by Crippen LogP contribution is -2.14. The summed E-state index contributed by atoms with van der Waals surface area (Å²) in [4.78, 5) is 0. The van der Waals surface area contributed by atoms with Crippen LogP contribution in [0.15, 0.2) is 18.2 Å². The quantitative estimate of drug-likeness (QED) is 0.458. The summed E-state index contributed by atoms with van der Waals surface area (Å²) in [7, 11) is 11.1. The van der Waals surface area contributed by atoms with Gasteiger partial charge in [-0.2, -0.15) is 0 Å². The van der Waals surface area contributed by atoms with Crippen LogP contribution in [0.4, 0.5) is 0 Å². The molecule has 0 nitrogen and oxygen atoms in total. The van der Waals surface area contributed by atoms with Crippen LogP contribution in [0.1, 0.15) is 12.5 Å². The Morgan fingerprint density at radius 1 is 1.10 bits per heavy atom. The van der Waals surface area contributed by atoms with Crippen molar-refractivity contribution in [3.63, 3.8) is 0 Å². The molecule has 2 heteroatoms. The average Bonchev–Trinajstić information content (AvgIpc) is 1.85. The van der Waals surface area contributed by atoms with E-state index in [1.807, 2.05) is 12.1 Å². The van der Waals surface area contributed by atoms with E-state index in [0.717, 1.165) is 17.3 Å². The first-order valence-electron chi connectivity index (χ1n) is 3.37. The fourth-order valence-electron chi connectivity index (χ4n) is 0.950. The molecule has 10 heavy (non-hydrogen) atoms. The number of hydrogen-bond acceptors (Lipinski definition) is 0. The van der Waals surface area contributed by atoms with E-state index in [-0.39, 0.29) is 0 Å². The molecule has 0 aromatic heterocycles. The van der Waals surface area contributed by atoms with E-state index >= 15 is 0 Å². The largest absolute Gasteiger partial charge is 0.113 e. The molecular weight excluding hydrogens is 118 g/mol. The zero-order valence-electron chi connectivity index (χ0n) is 6.09. The Hall–Kier alpha value is -0.650. The van der Waals surface area contributed by atoms with Gasteiger partial charge in [-0.25, -0.2) is 0 Å². The van der Waals surface area contributed by atoms with Gasteiger partial charge in [0.25, 0.3) is 0 Å². The third kappa shape index (κ3) is 1.66. The van der Waals surface area contributed by atoms with E-state index in [1.54, 1.807) is 6.07 Å². The highest BCUT2D eigenvalue weighted by molar-refractivity contribution is 6.37. The van der Waals surface area contributed by atoms with Crippen molar-refractivity contribution in [1.82, 2.24) is 0 Å². The van der Waals surface area contributed by atoms with Crippen LogP contribution in [0.5, 0.6) is 0 Å². The van der Waals surface area contributed by atoms with Crippen LogP contribution in [0.2, 0.25) is 0 Å². The normalized spacial score (nSPS) is 9.70. The zero-order valence-corrected chi connectivity index (χ0v) is 6.09.